The Bertz CT molecular complexity index is 628. The third-order valence-electron chi connectivity index (χ3n) is 4.56. The number of anilines is 1. The first kappa shape index (κ1) is 15.8. The van der Waals surface area contributed by atoms with Crippen molar-refractivity contribution >= 4 is 11.6 Å². The summed E-state index contributed by atoms with van der Waals surface area (Å²) in [6, 6.07) is 18.6. The van der Waals surface area contributed by atoms with Crippen LogP contribution in [0.1, 0.15) is 29.9 Å². The predicted molar refractivity (Wildman–Crippen MR) is 94.7 cm³/mol. The molecule has 1 saturated heterocycles. The zero-order valence-electron chi connectivity index (χ0n) is 13.7. The number of nitrogens with one attached hydrogen (secondary N) is 1. The molecule has 1 aliphatic rings. The lowest BCUT2D eigenvalue weighted by Crippen LogP contribution is -2.38. The molecule has 0 atom stereocenters. The topological polar surface area (TPSA) is 32.3 Å². The van der Waals surface area contributed by atoms with Crippen LogP contribution in [0.15, 0.2) is 54.6 Å². The Labute approximate surface area is 138 Å². The van der Waals surface area contributed by atoms with Crippen molar-refractivity contribution in [3.63, 3.8) is 0 Å². The molecular weight excluding hydrogens is 284 g/mol. The first-order valence-corrected chi connectivity index (χ1v) is 8.34. The molecular formula is C20H24N2O. The average Bonchev–Trinajstić information content (AvgIpc) is 2.58. The van der Waals surface area contributed by atoms with E-state index in [9.17, 15) is 4.79 Å². The molecule has 0 aliphatic carbocycles. The number of aryl methyl sites for hydroxylation is 1. The summed E-state index contributed by atoms with van der Waals surface area (Å²) >= 11 is 0. The van der Waals surface area contributed by atoms with Gasteiger partial charge in [0.1, 0.15) is 0 Å². The van der Waals surface area contributed by atoms with E-state index >= 15 is 0 Å². The van der Waals surface area contributed by atoms with Gasteiger partial charge in [0.05, 0.1) is 6.54 Å². The number of nitrogens with zero attached hydrogens (tertiary/aromatic N) is 1. The van der Waals surface area contributed by atoms with E-state index in [-0.39, 0.29) is 5.91 Å². The number of hydrogen-bond acceptors (Lipinski definition) is 2. The van der Waals surface area contributed by atoms with Crippen molar-refractivity contribution in [3.8, 4) is 0 Å². The number of benzene rings is 2. The predicted octanol–water partition coefficient (Wildman–Crippen LogP) is 3.81. The third-order valence-corrected chi connectivity index (χ3v) is 4.56. The van der Waals surface area contributed by atoms with Crippen molar-refractivity contribution in [1.82, 2.24) is 4.90 Å². The lowest BCUT2D eigenvalue weighted by molar-refractivity contribution is -0.117. The number of rotatable bonds is 4. The second-order valence-electron chi connectivity index (χ2n) is 6.38. The van der Waals surface area contributed by atoms with Gasteiger partial charge in [0, 0.05) is 5.69 Å². The molecule has 3 rings (SSSR count). The van der Waals surface area contributed by atoms with Crippen LogP contribution in [-0.2, 0) is 4.79 Å². The van der Waals surface area contributed by atoms with Gasteiger partial charge in [0.2, 0.25) is 5.91 Å². The highest BCUT2D eigenvalue weighted by Gasteiger charge is 2.21. The average molecular weight is 308 g/mol. The van der Waals surface area contributed by atoms with E-state index in [0.717, 1.165) is 31.6 Å². The van der Waals surface area contributed by atoms with Gasteiger partial charge in [-0.1, -0.05) is 48.0 Å². The molecule has 0 aromatic heterocycles. The van der Waals surface area contributed by atoms with Gasteiger partial charge >= 0.3 is 0 Å². The van der Waals surface area contributed by atoms with Crippen molar-refractivity contribution in [2.45, 2.75) is 25.7 Å². The van der Waals surface area contributed by atoms with E-state index in [2.05, 4.69) is 40.5 Å². The molecule has 0 spiro atoms. The van der Waals surface area contributed by atoms with E-state index in [1.165, 1.54) is 11.1 Å². The van der Waals surface area contributed by atoms with E-state index in [0.29, 0.717) is 12.5 Å². The van der Waals surface area contributed by atoms with Crippen LogP contribution in [0.4, 0.5) is 5.69 Å². The van der Waals surface area contributed by atoms with Gasteiger partial charge in [-0.2, -0.15) is 0 Å². The summed E-state index contributed by atoms with van der Waals surface area (Å²) in [7, 11) is 0. The zero-order valence-corrected chi connectivity index (χ0v) is 13.7. The van der Waals surface area contributed by atoms with Crippen LogP contribution in [0.5, 0.6) is 0 Å². The lowest BCUT2D eigenvalue weighted by atomic mass is 9.89. The molecule has 0 unspecified atom stereocenters. The minimum atomic E-state index is 0.0759. The van der Waals surface area contributed by atoms with Crippen LogP contribution in [-0.4, -0.2) is 30.4 Å². The first-order chi connectivity index (χ1) is 11.2. The summed E-state index contributed by atoms with van der Waals surface area (Å²) in [5.74, 6) is 0.708. The van der Waals surface area contributed by atoms with Gasteiger partial charge in [0.15, 0.2) is 0 Å². The molecule has 1 aliphatic heterocycles. The van der Waals surface area contributed by atoms with Crippen LogP contribution in [0.25, 0.3) is 0 Å². The number of likely N-dealkylation sites (tertiary alicyclic amines) is 1. The Hall–Kier alpha value is -2.13. The first-order valence-electron chi connectivity index (χ1n) is 8.34. The highest BCUT2D eigenvalue weighted by Crippen LogP contribution is 2.27. The molecule has 0 radical (unpaired) electrons. The molecule has 2 aromatic rings. The monoisotopic (exact) mass is 308 g/mol. The fourth-order valence-corrected chi connectivity index (χ4v) is 3.19. The van der Waals surface area contributed by atoms with E-state index < -0.39 is 0 Å². The van der Waals surface area contributed by atoms with E-state index in [4.69, 9.17) is 0 Å². The molecule has 120 valence electrons. The Morgan fingerprint density at radius 1 is 1.04 bits per heavy atom. The summed E-state index contributed by atoms with van der Waals surface area (Å²) in [6.45, 7) is 4.50. The zero-order chi connectivity index (χ0) is 16.1. The van der Waals surface area contributed by atoms with E-state index in [1.54, 1.807) is 0 Å². The number of carbonyl (C=O) groups excluding carboxylic acids is 1. The third kappa shape index (κ3) is 4.42. The Kier molecular flexibility index (Phi) is 5.09. The summed E-state index contributed by atoms with van der Waals surface area (Å²) in [6.07, 6.45) is 2.25. The number of piperidine rings is 1. The molecule has 1 fully saturated rings. The Morgan fingerprint density at radius 3 is 2.35 bits per heavy atom. The fraction of sp³-hybridized carbons (Fsp3) is 0.350. The number of carbonyl (C=O) groups is 1. The molecule has 0 bridgehead atoms. The van der Waals surface area contributed by atoms with Gasteiger partial charge in [-0.3, -0.25) is 9.69 Å². The van der Waals surface area contributed by atoms with Crippen molar-refractivity contribution < 1.29 is 4.79 Å². The minimum absolute atomic E-state index is 0.0759. The summed E-state index contributed by atoms with van der Waals surface area (Å²) in [5.41, 5.74) is 3.50. The minimum Gasteiger partial charge on any atom is -0.325 e. The van der Waals surface area contributed by atoms with Gasteiger partial charge in [-0.05, 0) is 56.5 Å². The summed E-state index contributed by atoms with van der Waals surface area (Å²) in [5, 5.41) is 2.98. The molecule has 1 heterocycles. The molecule has 1 amide bonds. The maximum Gasteiger partial charge on any atom is 0.238 e. The second kappa shape index (κ2) is 7.42. The number of amides is 1. The molecule has 1 N–H and O–H groups in total. The standard InChI is InChI=1S/C20H24N2O/c1-16-7-9-19(10-8-16)21-20(23)15-22-13-11-18(12-14-22)17-5-3-2-4-6-17/h2-10,18H,11-15H2,1H3,(H,21,23). The molecule has 2 aromatic carbocycles. The van der Waals surface area contributed by atoms with Crippen LogP contribution < -0.4 is 5.32 Å². The van der Waals surface area contributed by atoms with E-state index in [1.807, 2.05) is 31.2 Å². The van der Waals surface area contributed by atoms with Gasteiger partial charge < -0.3 is 5.32 Å². The Balaban J connectivity index is 1.47. The lowest BCUT2D eigenvalue weighted by Gasteiger charge is -2.31. The van der Waals surface area contributed by atoms with Crippen LogP contribution in [0, 0.1) is 6.92 Å². The van der Waals surface area contributed by atoms with Crippen LogP contribution in [0.3, 0.4) is 0 Å². The highest BCUT2D eigenvalue weighted by molar-refractivity contribution is 5.92. The van der Waals surface area contributed by atoms with Crippen LogP contribution >= 0.6 is 0 Å². The summed E-state index contributed by atoms with van der Waals surface area (Å²) < 4.78 is 0. The van der Waals surface area contributed by atoms with Gasteiger partial charge in [-0.25, -0.2) is 0 Å². The Morgan fingerprint density at radius 2 is 1.70 bits per heavy atom. The van der Waals surface area contributed by atoms with Crippen molar-refractivity contribution in [2.75, 3.05) is 25.0 Å². The number of hydrogen-bond donors (Lipinski definition) is 1. The molecule has 3 nitrogen and oxygen atoms in total. The normalized spacial score (nSPS) is 16.2. The maximum atomic E-state index is 12.2. The van der Waals surface area contributed by atoms with Crippen molar-refractivity contribution in [3.05, 3.63) is 65.7 Å². The van der Waals surface area contributed by atoms with Gasteiger partial charge in [0.25, 0.3) is 0 Å². The largest absolute Gasteiger partial charge is 0.325 e. The van der Waals surface area contributed by atoms with Crippen LogP contribution in [0.2, 0.25) is 0 Å². The maximum absolute atomic E-state index is 12.2. The van der Waals surface area contributed by atoms with Crippen molar-refractivity contribution in [2.24, 2.45) is 0 Å². The van der Waals surface area contributed by atoms with Gasteiger partial charge in [-0.15, -0.1) is 0 Å². The molecule has 23 heavy (non-hydrogen) atoms. The fourth-order valence-electron chi connectivity index (χ4n) is 3.19. The molecule has 0 saturated carbocycles. The SMILES string of the molecule is Cc1ccc(NC(=O)CN2CCC(c3ccccc3)CC2)cc1. The van der Waals surface area contributed by atoms with Crippen molar-refractivity contribution in [1.29, 1.82) is 0 Å². The quantitative estimate of drug-likeness (QED) is 0.931. The highest BCUT2D eigenvalue weighted by atomic mass is 16.2. The smallest absolute Gasteiger partial charge is 0.238 e. The summed E-state index contributed by atoms with van der Waals surface area (Å²) in [4.78, 5) is 14.4. The second-order valence-corrected chi connectivity index (χ2v) is 6.38. The molecule has 3 heteroatoms.